The van der Waals surface area contributed by atoms with E-state index in [1.54, 1.807) is 6.33 Å². The van der Waals surface area contributed by atoms with Crippen molar-refractivity contribution in [3.05, 3.63) is 43.0 Å². The molecule has 0 atom stereocenters. The SMILES string of the molecule is c1ccc2c(c1)ncn2-c1cnc(N2CCNCC2)cn1. The maximum Gasteiger partial charge on any atom is 0.157 e. The van der Waals surface area contributed by atoms with Crippen LogP contribution in [0, 0.1) is 0 Å². The van der Waals surface area contributed by atoms with Gasteiger partial charge in [0.25, 0.3) is 0 Å². The molecule has 1 aliphatic heterocycles. The van der Waals surface area contributed by atoms with Gasteiger partial charge in [-0.15, -0.1) is 0 Å². The van der Waals surface area contributed by atoms with Gasteiger partial charge in [-0.2, -0.15) is 0 Å². The van der Waals surface area contributed by atoms with E-state index in [-0.39, 0.29) is 0 Å². The molecule has 3 aromatic rings. The molecule has 1 aliphatic rings. The van der Waals surface area contributed by atoms with Gasteiger partial charge in [0.05, 0.1) is 23.4 Å². The Morgan fingerprint density at radius 2 is 1.67 bits per heavy atom. The minimum atomic E-state index is 0.794. The lowest BCUT2D eigenvalue weighted by Crippen LogP contribution is -2.43. The van der Waals surface area contributed by atoms with Crippen LogP contribution in [0.3, 0.4) is 0 Å². The summed E-state index contributed by atoms with van der Waals surface area (Å²) in [5.74, 6) is 1.73. The van der Waals surface area contributed by atoms with Crippen molar-refractivity contribution < 1.29 is 0 Å². The minimum Gasteiger partial charge on any atom is -0.353 e. The van der Waals surface area contributed by atoms with Gasteiger partial charge in [0, 0.05) is 26.2 Å². The lowest BCUT2D eigenvalue weighted by molar-refractivity contribution is 0.584. The Kier molecular flexibility index (Phi) is 3.01. The van der Waals surface area contributed by atoms with Crippen molar-refractivity contribution in [1.29, 1.82) is 0 Å². The van der Waals surface area contributed by atoms with E-state index in [9.17, 15) is 0 Å². The van der Waals surface area contributed by atoms with Crippen molar-refractivity contribution in [2.24, 2.45) is 0 Å². The van der Waals surface area contributed by atoms with Crippen LogP contribution in [0.25, 0.3) is 16.9 Å². The second-order valence-electron chi connectivity index (χ2n) is 5.07. The summed E-state index contributed by atoms with van der Waals surface area (Å²) in [5, 5.41) is 3.34. The molecule has 0 amide bonds. The van der Waals surface area contributed by atoms with Crippen LogP contribution in [0.4, 0.5) is 5.82 Å². The minimum absolute atomic E-state index is 0.794. The standard InChI is InChI=1S/C15H16N6/c1-2-4-13-12(3-1)19-11-21(13)15-10-17-14(9-18-15)20-7-5-16-6-8-20/h1-4,9-11,16H,5-8H2. The summed E-state index contributed by atoms with van der Waals surface area (Å²) in [7, 11) is 0. The van der Waals surface area contributed by atoms with Crippen molar-refractivity contribution in [3.8, 4) is 5.82 Å². The van der Waals surface area contributed by atoms with Crippen LogP contribution in [0.15, 0.2) is 43.0 Å². The van der Waals surface area contributed by atoms with Crippen molar-refractivity contribution in [3.63, 3.8) is 0 Å². The maximum atomic E-state index is 4.55. The Morgan fingerprint density at radius 3 is 2.48 bits per heavy atom. The summed E-state index contributed by atoms with van der Waals surface area (Å²) >= 11 is 0. The van der Waals surface area contributed by atoms with Gasteiger partial charge in [-0.1, -0.05) is 12.1 Å². The van der Waals surface area contributed by atoms with Crippen LogP contribution in [-0.4, -0.2) is 45.7 Å². The molecule has 2 aromatic heterocycles. The number of aromatic nitrogens is 4. The monoisotopic (exact) mass is 280 g/mol. The first-order valence-corrected chi connectivity index (χ1v) is 7.12. The third kappa shape index (κ3) is 2.23. The molecule has 0 aliphatic carbocycles. The molecule has 1 aromatic carbocycles. The van der Waals surface area contributed by atoms with E-state index in [4.69, 9.17) is 0 Å². The second kappa shape index (κ2) is 5.14. The molecule has 4 rings (SSSR count). The lowest BCUT2D eigenvalue weighted by atomic mass is 10.3. The molecule has 3 heterocycles. The lowest BCUT2D eigenvalue weighted by Gasteiger charge is -2.28. The molecule has 106 valence electrons. The van der Waals surface area contributed by atoms with Crippen LogP contribution < -0.4 is 10.2 Å². The summed E-state index contributed by atoms with van der Waals surface area (Å²) in [4.78, 5) is 15.7. The van der Waals surface area contributed by atoms with Crippen LogP contribution in [0.1, 0.15) is 0 Å². The van der Waals surface area contributed by atoms with E-state index in [1.165, 1.54) is 0 Å². The first-order chi connectivity index (χ1) is 10.4. The topological polar surface area (TPSA) is 58.9 Å². The number of nitrogens with zero attached hydrogens (tertiary/aromatic N) is 5. The van der Waals surface area contributed by atoms with E-state index in [1.807, 2.05) is 41.2 Å². The number of piperazine rings is 1. The smallest absolute Gasteiger partial charge is 0.157 e. The molecule has 0 radical (unpaired) electrons. The zero-order valence-corrected chi connectivity index (χ0v) is 11.6. The Hall–Kier alpha value is -2.47. The van der Waals surface area contributed by atoms with E-state index in [2.05, 4.69) is 25.2 Å². The molecular weight excluding hydrogens is 264 g/mol. The highest BCUT2D eigenvalue weighted by atomic mass is 15.2. The number of hydrogen-bond donors (Lipinski definition) is 1. The summed E-state index contributed by atoms with van der Waals surface area (Å²) in [6.45, 7) is 3.94. The van der Waals surface area contributed by atoms with E-state index in [0.29, 0.717) is 0 Å². The second-order valence-corrected chi connectivity index (χ2v) is 5.07. The van der Waals surface area contributed by atoms with E-state index >= 15 is 0 Å². The van der Waals surface area contributed by atoms with Gasteiger partial charge < -0.3 is 10.2 Å². The third-order valence-electron chi connectivity index (χ3n) is 3.77. The molecule has 0 saturated carbocycles. The molecule has 6 nitrogen and oxygen atoms in total. The Morgan fingerprint density at radius 1 is 0.905 bits per heavy atom. The first-order valence-electron chi connectivity index (χ1n) is 7.12. The molecule has 21 heavy (non-hydrogen) atoms. The normalized spacial score (nSPS) is 15.5. The van der Waals surface area contributed by atoms with Gasteiger partial charge in [0.2, 0.25) is 0 Å². The fourth-order valence-electron chi connectivity index (χ4n) is 2.64. The molecule has 1 N–H and O–H groups in total. The first kappa shape index (κ1) is 12.3. The highest BCUT2D eigenvalue weighted by Crippen LogP contribution is 2.17. The molecule has 1 saturated heterocycles. The van der Waals surface area contributed by atoms with Gasteiger partial charge in [-0.3, -0.25) is 4.57 Å². The van der Waals surface area contributed by atoms with Gasteiger partial charge in [0.1, 0.15) is 12.1 Å². The number of rotatable bonds is 2. The van der Waals surface area contributed by atoms with Crippen LogP contribution in [0.2, 0.25) is 0 Å². The fourth-order valence-corrected chi connectivity index (χ4v) is 2.64. The molecule has 0 unspecified atom stereocenters. The van der Waals surface area contributed by atoms with Crippen LogP contribution in [-0.2, 0) is 0 Å². The van der Waals surface area contributed by atoms with Gasteiger partial charge in [-0.05, 0) is 12.1 Å². The quantitative estimate of drug-likeness (QED) is 0.765. The van der Waals surface area contributed by atoms with Crippen molar-refractivity contribution in [2.75, 3.05) is 31.1 Å². The number of fused-ring (bicyclic) bond motifs is 1. The van der Waals surface area contributed by atoms with Gasteiger partial charge in [0.15, 0.2) is 5.82 Å². The summed E-state index contributed by atoms with van der Waals surface area (Å²) < 4.78 is 1.96. The number of imidazole rings is 1. The van der Waals surface area contributed by atoms with Crippen LogP contribution in [0.5, 0.6) is 0 Å². The number of para-hydroxylation sites is 2. The average molecular weight is 280 g/mol. The average Bonchev–Trinajstić information content (AvgIpc) is 3.00. The fraction of sp³-hybridized carbons (Fsp3) is 0.267. The highest BCUT2D eigenvalue weighted by molar-refractivity contribution is 5.76. The predicted molar refractivity (Wildman–Crippen MR) is 81.7 cm³/mol. The Balaban J connectivity index is 1.67. The molecule has 6 heteroatoms. The Labute approximate surface area is 122 Å². The Bertz CT molecular complexity index is 742. The number of benzene rings is 1. The zero-order valence-electron chi connectivity index (χ0n) is 11.6. The third-order valence-corrected chi connectivity index (χ3v) is 3.77. The summed E-state index contributed by atoms with van der Waals surface area (Å²) in [6.07, 6.45) is 5.44. The van der Waals surface area contributed by atoms with Crippen molar-refractivity contribution >= 4 is 16.9 Å². The summed E-state index contributed by atoms with van der Waals surface area (Å²) in [5.41, 5.74) is 2.01. The number of hydrogen-bond acceptors (Lipinski definition) is 5. The van der Waals surface area contributed by atoms with Crippen molar-refractivity contribution in [2.45, 2.75) is 0 Å². The largest absolute Gasteiger partial charge is 0.353 e. The summed E-state index contributed by atoms with van der Waals surface area (Å²) in [6, 6.07) is 8.02. The van der Waals surface area contributed by atoms with Gasteiger partial charge >= 0.3 is 0 Å². The van der Waals surface area contributed by atoms with Crippen molar-refractivity contribution in [1.82, 2.24) is 24.8 Å². The molecule has 0 bridgehead atoms. The molecular formula is C15H16N6. The zero-order chi connectivity index (χ0) is 14.1. The maximum absolute atomic E-state index is 4.55. The van der Waals surface area contributed by atoms with Gasteiger partial charge in [-0.25, -0.2) is 15.0 Å². The predicted octanol–water partition coefficient (Wildman–Crippen LogP) is 1.23. The van der Waals surface area contributed by atoms with E-state index in [0.717, 1.165) is 48.8 Å². The van der Waals surface area contributed by atoms with E-state index < -0.39 is 0 Å². The molecule has 1 fully saturated rings. The number of nitrogens with one attached hydrogen (secondary N) is 1. The number of anilines is 1. The highest BCUT2D eigenvalue weighted by Gasteiger charge is 2.12. The molecule has 0 spiro atoms. The van der Waals surface area contributed by atoms with Crippen LogP contribution >= 0.6 is 0 Å².